The number of nitrogens with zero attached hydrogens (tertiary/aromatic N) is 1. The zero-order valence-corrected chi connectivity index (χ0v) is 13.0. The molecule has 0 spiro atoms. The average Bonchev–Trinajstić information content (AvgIpc) is 2.86. The SMILES string of the molecule is CCc1c(C2CC(CN)CN2C)ccc(OC)c1OC. The van der Waals surface area contributed by atoms with Gasteiger partial charge in [0.25, 0.3) is 0 Å². The third-order valence-electron chi connectivity index (χ3n) is 4.37. The smallest absolute Gasteiger partial charge is 0.164 e. The minimum Gasteiger partial charge on any atom is -0.493 e. The normalized spacial score (nSPS) is 23.1. The number of methoxy groups -OCH3 is 2. The number of nitrogens with two attached hydrogens (primary N) is 1. The lowest BCUT2D eigenvalue weighted by molar-refractivity contribution is 0.308. The van der Waals surface area contributed by atoms with Crippen LogP contribution in [0.5, 0.6) is 11.5 Å². The van der Waals surface area contributed by atoms with Crippen molar-refractivity contribution in [3.63, 3.8) is 0 Å². The number of rotatable bonds is 5. The van der Waals surface area contributed by atoms with Crippen LogP contribution in [0.4, 0.5) is 0 Å². The molecule has 1 aromatic carbocycles. The predicted molar refractivity (Wildman–Crippen MR) is 81.5 cm³/mol. The van der Waals surface area contributed by atoms with E-state index in [0.29, 0.717) is 12.0 Å². The van der Waals surface area contributed by atoms with E-state index in [1.807, 2.05) is 6.07 Å². The second-order valence-corrected chi connectivity index (χ2v) is 5.52. The summed E-state index contributed by atoms with van der Waals surface area (Å²) in [6.45, 7) is 3.99. The van der Waals surface area contributed by atoms with Gasteiger partial charge in [-0.15, -0.1) is 0 Å². The van der Waals surface area contributed by atoms with E-state index in [1.165, 1.54) is 11.1 Å². The molecule has 0 amide bonds. The van der Waals surface area contributed by atoms with E-state index >= 15 is 0 Å². The van der Waals surface area contributed by atoms with E-state index in [4.69, 9.17) is 15.2 Å². The molecule has 2 N–H and O–H groups in total. The summed E-state index contributed by atoms with van der Waals surface area (Å²) < 4.78 is 11.0. The average molecular weight is 278 g/mol. The number of hydrogen-bond donors (Lipinski definition) is 1. The third-order valence-corrected chi connectivity index (χ3v) is 4.37. The van der Waals surface area contributed by atoms with Crippen LogP contribution in [0.1, 0.15) is 30.5 Å². The monoisotopic (exact) mass is 278 g/mol. The molecular formula is C16H26N2O2. The molecule has 1 aliphatic heterocycles. The van der Waals surface area contributed by atoms with Crippen LogP contribution >= 0.6 is 0 Å². The number of hydrogen-bond acceptors (Lipinski definition) is 4. The molecule has 0 bridgehead atoms. The van der Waals surface area contributed by atoms with Gasteiger partial charge in [-0.05, 0) is 44.0 Å². The standard InChI is InChI=1S/C16H26N2O2/c1-5-12-13(6-7-15(19-3)16(12)20-4)14-8-11(9-17)10-18(14)2/h6-7,11,14H,5,8-10,17H2,1-4H3. The first kappa shape index (κ1) is 15.1. The van der Waals surface area contributed by atoms with Crippen molar-refractivity contribution in [1.29, 1.82) is 0 Å². The first-order valence-electron chi connectivity index (χ1n) is 7.30. The summed E-state index contributed by atoms with van der Waals surface area (Å²) in [4.78, 5) is 2.40. The highest BCUT2D eigenvalue weighted by molar-refractivity contribution is 5.52. The maximum atomic E-state index is 5.84. The fourth-order valence-electron chi connectivity index (χ4n) is 3.32. The molecule has 20 heavy (non-hydrogen) atoms. The fraction of sp³-hybridized carbons (Fsp3) is 0.625. The van der Waals surface area contributed by atoms with Crippen molar-refractivity contribution in [2.75, 3.05) is 34.4 Å². The molecule has 0 radical (unpaired) electrons. The quantitative estimate of drug-likeness (QED) is 0.897. The van der Waals surface area contributed by atoms with E-state index in [9.17, 15) is 0 Å². The Morgan fingerprint density at radius 3 is 2.55 bits per heavy atom. The highest BCUT2D eigenvalue weighted by Crippen LogP contribution is 2.41. The molecule has 2 unspecified atom stereocenters. The Morgan fingerprint density at radius 2 is 2.05 bits per heavy atom. The van der Waals surface area contributed by atoms with Gasteiger partial charge in [0.05, 0.1) is 14.2 Å². The van der Waals surface area contributed by atoms with E-state index in [0.717, 1.165) is 37.4 Å². The van der Waals surface area contributed by atoms with Gasteiger partial charge in [0.2, 0.25) is 0 Å². The van der Waals surface area contributed by atoms with Gasteiger partial charge in [0.15, 0.2) is 11.5 Å². The molecule has 1 fully saturated rings. The molecule has 2 atom stereocenters. The Labute approximate surface area is 121 Å². The van der Waals surface area contributed by atoms with Crippen LogP contribution < -0.4 is 15.2 Å². The van der Waals surface area contributed by atoms with Crippen molar-refractivity contribution < 1.29 is 9.47 Å². The van der Waals surface area contributed by atoms with Crippen LogP contribution in [0.25, 0.3) is 0 Å². The second-order valence-electron chi connectivity index (χ2n) is 5.52. The van der Waals surface area contributed by atoms with Gasteiger partial charge in [-0.2, -0.15) is 0 Å². The van der Waals surface area contributed by atoms with Gasteiger partial charge in [-0.1, -0.05) is 13.0 Å². The number of benzene rings is 1. The van der Waals surface area contributed by atoms with Crippen molar-refractivity contribution in [3.8, 4) is 11.5 Å². The summed E-state index contributed by atoms with van der Waals surface area (Å²) in [6, 6.07) is 4.62. The van der Waals surface area contributed by atoms with Gasteiger partial charge < -0.3 is 15.2 Å². The molecule has 0 saturated carbocycles. The van der Waals surface area contributed by atoms with Crippen molar-refractivity contribution in [2.24, 2.45) is 11.7 Å². The maximum absolute atomic E-state index is 5.84. The van der Waals surface area contributed by atoms with E-state index in [1.54, 1.807) is 14.2 Å². The first-order valence-corrected chi connectivity index (χ1v) is 7.30. The summed E-state index contributed by atoms with van der Waals surface area (Å²) in [6.07, 6.45) is 2.06. The fourth-order valence-corrected chi connectivity index (χ4v) is 3.32. The van der Waals surface area contributed by atoms with Crippen LogP contribution in [-0.4, -0.2) is 39.3 Å². The van der Waals surface area contributed by atoms with Crippen molar-refractivity contribution >= 4 is 0 Å². The highest BCUT2D eigenvalue weighted by Gasteiger charge is 2.32. The number of ether oxygens (including phenoxy) is 2. The molecule has 0 aliphatic carbocycles. The summed E-state index contributed by atoms with van der Waals surface area (Å²) in [5, 5.41) is 0. The first-order chi connectivity index (χ1) is 9.65. The molecule has 112 valence electrons. The molecule has 1 aromatic rings. The van der Waals surface area contributed by atoms with Crippen molar-refractivity contribution in [2.45, 2.75) is 25.8 Å². The summed E-state index contributed by atoms with van der Waals surface area (Å²) in [5.74, 6) is 2.27. The topological polar surface area (TPSA) is 47.7 Å². The summed E-state index contributed by atoms with van der Waals surface area (Å²) in [7, 11) is 5.57. The van der Waals surface area contributed by atoms with Gasteiger partial charge >= 0.3 is 0 Å². The van der Waals surface area contributed by atoms with E-state index in [-0.39, 0.29) is 0 Å². The Morgan fingerprint density at radius 1 is 1.30 bits per heavy atom. The minimum absolute atomic E-state index is 0.429. The molecule has 4 heteroatoms. The van der Waals surface area contributed by atoms with E-state index < -0.39 is 0 Å². The van der Waals surface area contributed by atoms with Gasteiger partial charge in [-0.25, -0.2) is 0 Å². The summed E-state index contributed by atoms with van der Waals surface area (Å²) >= 11 is 0. The Hall–Kier alpha value is -1.26. The molecule has 0 aromatic heterocycles. The van der Waals surface area contributed by atoms with Gasteiger partial charge in [0, 0.05) is 18.2 Å². The molecule has 1 saturated heterocycles. The zero-order valence-electron chi connectivity index (χ0n) is 13.0. The number of likely N-dealkylation sites (tertiary alicyclic amines) is 1. The van der Waals surface area contributed by atoms with Crippen molar-refractivity contribution in [1.82, 2.24) is 4.90 Å². The predicted octanol–water partition coefficient (Wildman–Crippen LogP) is 2.22. The van der Waals surface area contributed by atoms with Crippen LogP contribution in [0, 0.1) is 5.92 Å². The zero-order chi connectivity index (χ0) is 14.7. The highest BCUT2D eigenvalue weighted by atomic mass is 16.5. The molecule has 1 heterocycles. The Bertz CT molecular complexity index is 462. The minimum atomic E-state index is 0.429. The largest absolute Gasteiger partial charge is 0.493 e. The molecular weight excluding hydrogens is 252 g/mol. The van der Waals surface area contributed by atoms with Gasteiger partial charge in [-0.3, -0.25) is 4.90 Å². The molecule has 1 aliphatic rings. The maximum Gasteiger partial charge on any atom is 0.164 e. The van der Waals surface area contributed by atoms with Crippen LogP contribution in [0.15, 0.2) is 12.1 Å². The lowest BCUT2D eigenvalue weighted by atomic mass is 9.93. The van der Waals surface area contributed by atoms with Crippen LogP contribution in [0.2, 0.25) is 0 Å². The van der Waals surface area contributed by atoms with Gasteiger partial charge in [0.1, 0.15) is 0 Å². The van der Waals surface area contributed by atoms with E-state index in [2.05, 4.69) is 24.9 Å². The second kappa shape index (κ2) is 6.46. The molecule has 2 rings (SSSR count). The Kier molecular flexibility index (Phi) is 4.89. The summed E-state index contributed by atoms with van der Waals surface area (Å²) in [5.41, 5.74) is 8.44. The molecule has 4 nitrogen and oxygen atoms in total. The lowest BCUT2D eigenvalue weighted by Gasteiger charge is -2.24. The van der Waals surface area contributed by atoms with Crippen molar-refractivity contribution in [3.05, 3.63) is 23.3 Å². The van der Waals surface area contributed by atoms with Crippen LogP contribution in [0.3, 0.4) is 0 Å². The lowest BCUT2D eigenvalue weighted by Crippen LogP contribution is -2.21. The third kappa shape index (κ3) is 2.63. The van der Waals surface area contributed by atoms with Crippen LogP contribution in [-0.2, 0) is 6.42 Å². The Balaban J connectivity index is 2.41.